The highest BCUT2D eigenvalue weighted by molar-refractivity contribution is 5.85. The third-order valence-electron chi connectivity index (χ3n) is 5.63. The quantitative estimate of drug-likeness (QED) is 0.300. The average Bonchev–Trinajstić information content (AvgIpc) is 2.87. The normalized spacial score (nSPS) is 10.6. The van der Waals surface area contributed by atoms with Crippen LogP contribution >= 0.6 is 0 Å². The maximum atomic E-state index is 6.56. The molecule has 0 unspecified atom stereocenters. The molecular weight excluding hydrogens is 396 g/mol. The molecule has 3 heteroatoms. The van der Waals surface area contributed by atoms with Gasteiger partial charge in [0, 0.05) is 11.1 Å². The van der Waals surface area contributed by atoms with Gasteiger partial charge in [-0.25, -0.2) is 0 Å². The van der Waals surface area contributed by atoms with Crippen molar-refractivity contribution in [2.45, 2.75) is 20.0 Å². The van der Waals surface area contributed by atoms with Gasteiger partial charge in [0.2, 0.25) is 0 Å². The fourth-order valence-corrected chi connectivity index (χ4v) is 3.87. The third-order valence-corrected chi connectivity index (χ3v) is 5.63. The van der Waals surface area contributed by atoms with E-state index in [1.54, 1.807) is 14.2 Å². The van der Waals surface area contributed by atoms with Crippen LogP contribution in [0.15, 0.2) is 91.0 Å². The highest BCUT2D eigenvalue weighted by Crippen LogP contribution is 2.43. The molecular formula is C29H28O3. The molecule has 0 heterocycles. The van der Waals surface area contributed by atoms with Gasteiger partial charge in [0.05, 0.1) is 14.2 Å². The summed E-state index contributed by atoms with van der Waals surface area (Å²) in [7, 11) is 3.37. The van der Waals surface area contributed by atoms with E-state index < -0.39 is 0 Å². The second-order valence-corrected chi connectivity index (χ2v) is 7.56. The van der Waals surface area contributed by atoms with Crippen LogP contribution in [0.3, 0.4) is 0 Å². The Morgan fingerprint density at radius 3 is 1.78 bits per heavy atom. The monoisotopic (exact) mass is 424 g/mol. The summed E-state index contributed by atoms with van der Waals surface area (Å²) in [6.45, 7) is 2.68. The molecule has 0 atom stereocenters. The lowest BCUT2D eigenvalue weighted by Gasteiger charge is -2.20. The van der Waals surface area contributed by atoms with E-state index in [2.05, 4.69) is 55.5 Å². The second-order valence-electron chi connectivity index (χ2n) is 7.56. The van der Waals surface area contributed by atoms with Crippen LogP contribution in [0.4, 0.5) is 0 Å². The summed E-state index contributed by atoms with van der Waals surface area (Å²) in [6, 6.07) is 30.9. The number of rotatable bonds is 8. The fourth-order valence-electron chi connectivity index (χ4n) is 3.87. The van der Waals surface area contributed by atoms with Crippen LogP contribution in [0.2, 0.25) is 0 Å². The van der Waals surface area contributed by atoms with Gasteiger partial charge in [-0.15, -0.1) is 0 Å². The van der Waals surface area contributed by atoms with Gasteiger partial charge in [0.15, 0.2) is 0 Å². The first-order valence-corrected chi connectivity index (χ1v) is 10.8. The minimum Gasteiger partial charge on any atom is -0.497 e. The molecule has 4 rings (SSSR count). The smallest absolute Gasteiger partial charge is 0.135 e. The largest absolute Gasteiger partial charge is 0.497 e. The van der Waals surface area contributed by atoms with Crippen molar-refractivity contribution in [3.8, 4) is 39.5 Å². The molecule has 0 fully saturated rings. The Kier molecular flexibility index (Phi) is 6.76. The molecule has 0 saturated heterocycles. The Balaban J connectivity index is 1.86. The third kappa shape index (κ3) is 4.62. The average molecular weight is 425 g/mol. The number of benzene rings is 4. The summed E-state index contributed by atoms with van der Waals surface area (Å²) < 4.78 is 17.3. The van der Waals surface area contributed by atoms with E-state index in [1.807, 2.05) is 42.5 Å². The van der Waals surface area contributed by atoms with Gasteiger partial charge in [-0.2, -0.15) is 0 Å². The van der Waals surface area contributed by atoms with Crippen LogP contribution in [0.25, 0.3) is 22.3 Å². The van der Waals surface area contributed by atoms with E-state index in [0.29, 0.717) is 6.61 Å². The van der Waals surface area contributed by atoms with Crippen molar-refractivity contribution in [2.24, 2.45) is 0 Å². The maximum Gasteiger partial charge on any atom is 0.135 e. The van der Waals surface area contributed by atoms with Crippen molar-refractivity contribution in [3.05, 3.63) is 102 Å². The van der Waals surface area contributed by atoms with Crippen LogP contribution < -0.4 is 14.2 Å². The highest BCUT2D eigenvalue weighted by atomic mass is 16.5. The van der Waals surface area contributed by atoms with Crippen molar-refractivity contribution in [2.75, 3.05) is 14.2 Å². The highest BCUT2D eigenvalue weighted by Gasteiger charge is 2.18. The summed E-state index contributed by atoms with van der Waals surface area (Å²) in [5, 5.41) is 0. The first-order valence-electron chi connectivity index (χ1n) is 10.8. The molecule has 0 saturated carbocycles. The number of aryl methyl sites for hydroxylation is 1. The zero-order chi connectivity index (χ0) is 22.3. The molecule has 0 aromatic heterocycles. The molecule has 0 aliphatic rings. The van der Waals surface area contributed by atoms with Crippen LogP contribution in [0, 0.1) is 0 Å². The molecule has 0 bridgehead atoms. The topological polar surface area (TPSA) is 27.7 Å². The molecule has 4 aromatic carbocycles. The van der Waals surface area contributed by atoms with Crippen molar-refractivity contribution in [3.63, 3.8) is 0 Å². The van der Waals surface area contributed by atoms with E-state index in [9.17, 15) is 0 Å². The van der Waals surface area contributed by atoms with Crippen molar-refractivity contribution >= 4 is 0 Å². The van der Waals surface area contributed by atoms with Crippen molar-refractivity contribution in [1.82, 2.24) is 0 Å². The van der Waals surface area contributed by atoms with Gasteiger partial charge < -0.3 is 14.2 Å². The SMILES string of the molecule is CCc1ccc(-c2ccc(OC)cc2)c(OCc2ccccc2)c1-c1ccc(OC)cc1. The number of hydrogen-bond acceptors (Lipinski definition) is 3. The van der Waals surface area contributed by atoms with Gasteiger partial charge >= 0.3 is 0 Å². The first kappa shape index (κ1) is 21.5. The maximum absolute atomic E-state index is 6.56. The van der Waals surface area contributed by atoms with Gasteiger partial charge in [-0.1, -0.05) is 73.7 Å². The molecule has 3 nitrogen and oxygen atoms in total. The lowest BCUT2D eigenvalue weighted by molar-refractivity contribution is 0.308. The lowest BCUT2D eigenvalue weighted by atomic mass is 9.91. The van der Waals surface area contributed by atoms with Gasteiger partial charge in [0.1, 0.15) is 23.9 Å². The molecule has 162 valence electrons. The van der Waals surface area contributed by atoms with Gasteiger partial charge in [-0.05, 0) is 52.9 Å². The summed E-state index contributed by atoms with van der Waals surface area (Å²) >= 11 is 0. The Morgan fingerprint density at radius 1 is 0.625 bits per heavy atom. The van der Waals surface area contributed by atoms with Crippen LogP contribution in [-0.2, 0) is 13.0 Å². The molecule has 0 spiro atoms. The van der Waals surface area contributed by atoms with Gasteiger partial charge in [0.25, 0.3) is 0 Å². The Morgan fingerprint density at radius 2 is 1.22 bits per heavy atom. The Bertz CT molecular complexity index is 1150. The predicted molar refractivity (Wildman–Crippen MR) is 131 cm³/mol. The zero-order valence-corrected chi connectivity index (χ0v) is 18.8. The summed E-state index contributed by atoms with van der Waals surface area (Å²) in [5.74, 6) is 2.56. The lowest BCUT2D eigenvalue weighted by Crippen LogP contribution is -2.01. The summed E-state index contributed by atoms with van der Waals surface area (Å²) in [4.78, 5) is 0. The number of ether oxygens (including phenoxy) is 3. The molecule has 0 aliphatic heterocycles. The van der Waals surface area contributed by atoms with Crippen molar-refractivity contribution in [1.29, 1.82) is 0 Å². The first-order chi connectivity index (χ1) is 15.7. The van der Waals surface area contributed by atoms with E-state index >= 15 is 0 Å². The van der Waals surface area contributed by atoms with Crippen LogP contribution in [0.5, 0.6) is 17.2 Å². The Hall–Kier alpha value is -3.72. The van der Waals surface area contributed by atoms with E-state index in [0.717, 1.165) is 51.5 Å². The van der Waals surface area contributed by atoms with Crippen molar-refractivity contribution < 1.29 is 14.2 Å². The standard InChI is InChI=1S/C29H28O3/c1-4-22-14-19-27(23-10-15-25(30-2)16-11-23)29(32-20-21-8-6-5-7-9-21)28(22)24-12-17-26(31-3)18-13-24/h5-19H,4,20H2,1-3H3. The Labute approximate surface area is 190 Å². The molecule has 0 amide bonds. The fraction of sp³-hybridized carbons (Fsp3) is 0.172. The van der Waals surface area contributed by atoms with Gasteiger partial charge in [-0.3, -0.25) is 0 Å². The summed E-state index contributed by atoms with van der Waals surface area (Å²) in [5.41, 5.74) is 6.77. The van der Waals surface area contributed by atoms with E-state index in [-0.39, 0.29) is 0 Å². The molecule has 32 heavy (non-hydrogen) atoms. The zero-order valence-electron chi connectivity index (χ0n) is 18.8. The number of methoxy groups -OCH3 is 2. The summed E-state index contributed by atoms with van der Waals surface area (Å²) in [6.07, 6.45) is 0.909. The van der Waals surface area contributed by atoms with Crippen LogP contribution in [0.1, 0.15) is 18.1 Å². The van der Waals surface area contributed by atoms with E-state index in [4.69, 9.17) is 14.2 Å². The molecule has 4 aromatic rings. The predicted octanol–water partition coefficient (Wildman–Crippen LogP) is 7.18. The minimum atomic E-state index is 0.500. The minimum absolute atomic E-state index is 0.500. The molecule has 0 N–H and O–H groups in total. The molecule has 0 aliphatic carbocycles. The second kappa shape index (κ2) is 10.1. The number of hydrogen-bond donors (Lipinski definition) is 0. The van der Waals surface area contributed by atoms with Crippen LogP contribution in [-0.4, -0.2) is 14.2 Å². The molecule has 0 radical (unpaired) electrons. The van der Waals surface area contributed by atoms with E-state index in [1.165, 1.54) is 5.56 Å².